The number of ether oxygens (including phenoxy) is 1. The first-order valence-electron chi connectivity index (χ1n) is 6.82. The van der Waals surface area contributed by atoms with Crippen LogP contribution in [0.15, 0.2) is 16.7 Å². The SMILES string of the molecule is CCc1nc(C)ccc1OCc1nc(C(C)(C)C)no1. The van der Waals surface area contributed by atoms with Crippen molar-refractivity contribution in [3.8, 4) is 5.75 Å². The van der Waals surface area contributed by atoms with Crippen LogP contribution < -0.4 is 4.74 Å². The van der Waals surface area contributed by atoms with Crippen LogP contribution in [0.25, 0.3) is 0 Å². The van der Waals surface area contributed by atoms with Crippen LogP contribution in [-0.4, -0.2) is 15.1 Å². The third-order valence-electron chi connectivity index (χ3n) is 2.90. The summed E-state index contributed by atoms with van der Waals surface area (Å²) >= 11 is 0. The summed E-state index contributed by atoms with van der Waals surface area (Å²) in [6.45, 7) is 10.4. The molecule has 0 saturated carbocycles. The number of nitrogens with zero attached hydrogens (tertiary/aromatic N) is 3. The zero-order chi connectivity index (χ0) is 14.8. The van der Waals surface area contributed by atoms with E-state index in [4.69, 9.17) is 9.26 Å². The van der Waals surface area contributed by atoms with Crippen molar-refractivity contribution in [1.82, 2.24) is 15.1 Å². The Labute approximate surface area is 119 Å². The average molecular weight is 275 g/mol. The molecule has 0 unspecified atom stereocenters. The van der Waals surface area contributed by atoms with Crippen LogP contribution in [0.4, 0.5) is 0 Å². The van der Waals surface area contributed by atoms with Crippen molar-refractivity contribution in [3.05, 3.63) is 35.2 Å². The Hall–Kier alpha value is -1.91. The van der Waals surface area contributed by atoms with E-state index in [1.54, 1.807) is 0 Å². The lowest BCUT2D eigenvalue weighted by atomic mass is 9.96. The maximum atomic E-state index is 5.74. The molecule has 2 aromatic rings. The minimum absolute atomic E-state index is 0.123. The van der Waals surface area contributed by atoms with Crippen LogP contribution >= 0.6 is 0 Å². The Morgan fingerprint density at radius 3 is 2.55 bits per heavy atom. The second-order valence-electron chi connectivity index (χ2n) is 5.80. The highest BCUT2D eigenvalue weighted by Gasteiger charge is 2.21. The highest BCUT2D eigenvalue weighted by Crippen LogP contribution is 2.21. The van der Waals surface area contributed by atoms with Crippen molar-refractivity contribution in [2.45, 2.75) is 53.1 Å². The molecule has 0 aliphatic rings. The Kier molecular flexibility index (Phi) is 4.06. The summed E-state index contributed by atoms with van der Waals surface area (Å²) in [6, 6.07) is 3.87. The fraction of sp³-hybridized carbons (Fsp3) is 0.533. The molecule has 5 nitrogen and oxygen atoms in total. The number of hydrogen-bond acceptors (Lipinski definition) is 5. The summed E-state index contributed by atoms with van der Waals surface area (Å²) in [5.41, 5.74) is 1.81. The van der Waals surface area contributed by atoms with Gasteiger partial charge in [-0.25, -0.2) is 0 Å². The number of aryl methyl sites for hydroxylation is 2. The summed E-state index contributed by atoms with van der Waals surface area (Å²) in [5.74, 6) is 1.94. The fourth-order valence-corrected chi connectivity index (χ4v) is 1.74. The third kappa shape index (κ3) is 3.35. The van der Waals surface area contributed by atoms with Crippen LogP contribution in [0.1, 0.15) is 50.8 Å². The highest BCUT2D eigenvalue weighted by molar-refractivity contribution is 5.29. The predicted molar refractivity (Wildman–Crippen MR) is 75.7 cm³/mol. The fourth-order valence-electron chi connectivity index (χ4n) is 1.74. The molecule has 0 saturated heterocycles. The standard InChI is InChI=1S/C15H21N3O2/c1-6-11-12(8-7-10(2)16-11)19-9-13-17-14(18-20-13)15(3,4)5/h7-8H,6,9H2,1-5H3. The van der Waals surface area contributed by atoms with Gasteiger partial charge in [-0.1, -0.05) is 32.9 Å². The van der Waals surface area contributed by atoms with Gasteiger partial charge in [0.25, 0.3) is 5.89 Å². The minimum Gasteiger partial charge on any atom is -0.482 e. The zero-order valence-electron chi connectivity index (χ0n) is 12.7. The van der Waals surface area contributed by atoms with E-state index in [-0.39, 0.29) is 12.0 Å². The van der Waals surface area contributed by atoms with Gasteiger partial charge in [-0.3, -0.25) is 4.98 Å². The van der Waals surface area contributed by atoms with E-state index < -0.39 is 0 Å². The maximum Gasteiger partial charge on any atom is 0.264 e. The summed E-state index contributed by atoms with van der Waals surface area (Å²) < 4.78 is 10.9. The van der Waals surface area contributed by atoms with Crippen molar-refractivity contribution in [2.24, 2.45) is 0 Å². The average Bonchev–Trinajstić information content (AvgIpc) is 2.86. The first kappa shape index (κ1) is 14.5. The van der Waals surface area contributed by atoms with Gasteiger partial charge in [-0.05, 0) is 25.5 Å². The normalized spacial score (nSPS) is 11.7. The van der Waals surface area contributed by atoms with Crippen molar-refractivity contribution in [3.63, 3.8) is 0 Å². The van der Waals surface area contributed by atoms with E-state index in [0.29, 0.717) is 11.7 Å². The monoisotopic (exact) mass is 275 g/mol. The lowest BCUT2D eigenvalue weighted by Gasteiger charge is -2.11. The van der Waals surface area contributed by atoms with Gasteiger partial charge in [0.15, 0.2) is 12.4 Å². The van der Waals surface area contributed by atoms with Gasteiger partial charge < -0.3 is 9.26 Å². The van der Waals surface area contributed by atoms with Gasteiger partial charge in [0, 0.05) is 11.1 Å². The largest absolute Gasteiger partial charge is 0.482 e. The quantitative estimate of drug-likeness (QED) is 0.857. The van der Waals surface area contributed by atoms with Crippen LogP contribution in [0.3, 0.4) is 0 Å². The lowest BCUT2D eigenvalue weighted by Crippen LogP contribution is -2.13. The topological polar surface area (TPSA) is 61.0 Å². The van der Waals surface area contributed by atoms with Crippen LogP contribution in [0, 0.1) is 6.92 Å². The Balaban J connectivity index is 2.07. The van der Waals surface area contributed by atoms with Crippen LogP contribution in [0.2, 0.25) is 0 Å². The van der Waals surface area contributed by atoms with Crippen LogP contribution in [-0.2, 0) is 18.4 Å². The van der Waals surface area contributed by atoms with Crippen molar-refractivity contribution < 1.29 is 9.26 Å². The van der Waals surface area contributed by atoms with Crippen LogP contribution in [0.5, 0.6) is 5.75 Å². The van der Waals surface area contributed by atoms with E-state index in [9.17, 15) is 0 Å². The maximum absolute atomic E-state index is 5.74. The molecule has 20 heavy (non-hydrogen) atoms. The molecular formula is C15H21N3O2. The first-order chi connectivity index (χ1) is 9.40. The van der Waals surface area contributed by atoms with Crippen molar-refractivity contribution in [2.75, 3.05) is 0 Å². The van der Waals surface area contributed by atoms with Gasteiger partial charge in [-0.15, -0.1) is 0 Å². The van der Waals surface area contributed by atoms with E-state index in [1.807, 2.05) is 39.8 Å². The third-order valence-corrected chi connectivity index (χ3v) is 2.90. The molecule has 0 aromatic carbocycles. The smallest absolute Gasteiger partial charge is 0.264 e. The van der Waals surface area contributed by atoms with E-state index in [1.165, 1.54) is 0 Å². The second kappa shape index (κ2) is 5.61. The van der Waals surface area contributed by atoms with Gasteiger partial charge in [0.2, 0.25) is 0 Å². The molecule has 2 heterocycles. The molecule has 5 heteroatoms. The highest BCUT2D eigenvalue weighted by atomic mass is 16.5. The van der Waals surface area contributed by atoms with E-state index >= 15 is 0 Å². The molecule has 2 rings (SSSR count). The molecule has 2 aromatic heterocycles. The zero-order valence-corrected chi connectivity index (χ0v) is 12.7. The van der Waals surface area contributed by atoms with Gasteiger partial charge in [0.1, 0.15) is 5.75 Å². The van der Waals surface area contributed by atoms with Gasteiger partial charge >= 0.3 is 0 Å². The summed E-state index contributed by atoms with van der Waals surface area (Å²) in [5, 5.41) is 3.97. The lowest BCUT2D eigenvalue weighted by molar-refractivity contribution is 0.239. The number of rotatable bonds is 4. The number of pyridine rings is 1. The first-order valence-corrected chi connectivity index (χ1v) is 6.82. The van der Waals surface area contributed by atoms with E-state index in [0.717, 1.165) is 23.6 Å². The van der Waals surface area contributed by atoms with Crippen molar-refractivity contribution in [1.29, 1.82) is 0 Å². The molecule has 0 fully saturated rings. The molecule has 0 amide bonds. The molecule has 0 spiro atoms. The Morgan fingerprint density at radius 2 is 1.95 bits per heavy atom. The van der Waals surface area contributed by atoms with E-state index in [2.05, 4.69) is 22.0 Å². The molecule has 0 atom stereocenters. The van der Waals surface area contributed by atoms with Crippen molar-refractivity contribution >= 4 is 0 Å². The molecule has 0 aliphatic carbocycles. The molecule has 0 N–H and O–H groups in total. The summed E-state index contributed by atoms with van der Waals surface area (Å²) in [6.07, 6.45) is 0.827. The Bertz CT molecular complexity index is 585. The second-order valence-corrected chi connectivity index (χ2v) is 5.80. The molecular weight excluding hydrogens is 254 g/mol. The summed E-state index contributed by atoms with van der Waals surface area (Å²) in [7, 11) is 0. The van der Waals surface area contributed by atoms with Gasteiger partial charge in [0.05, 0.1) is 5.69 Å². The molecule has 0 aliphatic heterocycles. The van der Waals surface area contributed by atoms with Gasteiger partial charge in [-0.2, -0.15) is 4.98 Å². The minimum atomic E-state index is -0.123. The molecule has 0 radical (unpaired) electrons. The number of hydrogen-bond donors (Lipinski definition) is 0. The number of aromatic nitrogens is 3. The predicted octanol–water partition coefficient (Wildman–Crippen LogP) is 3.21. The molecule has 108 valence electrons. The summed E-state index contributed by atoms with van der Waals surface area (Å²) in [4.78, 5) is 8.80. The molecule has 0 bridgehead atoms. The Morgan fingerprint density at radius 1 is 1.20 bits per heavy atom.